The normalized spacial score (nSPS) is 16.9. The summed E-state index contributed by atoms with van der Waals surface area (Å²) in [4.78, 5) is 11.4. The summed E-state index contributed by atoms with van der Waals surface area (Å²) in [7, 11) is 0. The maximum absolute atomic E-state index is 11.4. The third-order valence-electron chi connectivity index (χ3n) is 1.99. The average molecular weight is 171 g/mol. The van der Waals surface area contributed by atoms with Crippen LogP contribution in [0.2, 0.25) is 0 Å². The van der Waals surface area contributed by atoms with Crippen molar-refractivity contribution in [1.82, 2.24) is 5.32 Å². The number of hydrogen-bond donors (Lipinski definition) is 1. The lowest BCUT2D eigenvalue weighted by Crippen LogP contribution is -2.11. The number of allylic oxidation sites excluding steroid dienone is 2. The summed E-state index contributed by atoms with van der Waals surface area (Å²) in [5, 5.41) is 2.77. The molecule has 0 aliphatic carbocycles. The molecule has 0 fully saturated rings. The van der Waals surface area contributed by atoms with E-state index in [2.05, 4.69) is 11.9 Å². The van der Waals surface area contributed by atoms with Crippen LogP contribution >= 0.6 is 0 Å². The highest BCUT2D eigenvalue weighted by molar-refractivity contribution is 6.09. The average Bonchev–Trinajstić information content (AvgIpc) is 2.46. The monoisotopic (exact) mass is 171 g/mol. The zero-order chi connectivity index (χ0) is 9.26. The fourth-order valence-electron chi connectivity index (χ4n) is 1.42. The molecule has 13 heavy (non-hydrogen) atoms. The van der Waals surface area contributed by atoms with Crippen molar-refractivity contribution < 1.29 is 4.79 Å². The molecule has 1 aliphatic rings. The van der Waals surface area contributed by atoms with Crippen molar-refractivity contribution in [2.45, 2.75) is 0 Å². The summed E-state index contributed by atoms with van der Waals surface area (Å²) < 4.78 is 0. The van der Waals surface area contributed by atoms with Crippen LogP contribution in [0.3, 0.4) is 0 Å². The van der Waals surface area contributed by atoms with Crippen LogP contribution in [0.15, 0.2) is 43.0 Å². The molecular weight excluding hydrogens is 162 g/mol. The van der Waals surface area contributed by atoms with E-state index in [1.54, 1.807) is 12.2 Å². The molecule has 64 valence electrons. The molecule has 0 atom stereocenters. The zero-order valence-corrected chi connectivity index (χ0v) is 7.08. The molecule has 0 bridgehead atoms. The summed E-state index contributed by atoms with van der Waals surface area (Å²) >= 11 is 0. The van der Waals surface area contributed by atoms with Crippen molar-refractivity contribution in [3.63, 3.8) is 0 Å². The molecule has 1 aromatic rings. The molecule has 0 radical (unpaired) electrons. The van der Waals surface area contributed by atoms with Crippen molar-refractivity contribution in [1.29, 1.82) is 0 Å². The van der Waals surface area contributed by atoms with Gasteiger partial charge in [-0.15, -0.1) is 0 Å². The number of rotatable bonds is 1. The maximum atomic E-state index is 11.4. The molecule has 2 nitrogen and oxygen atoms in total. The van der Waals surface area contributed by atoms with Crippen molar-refractivity contribution in [2.75, 3.05) is 0 Å². The van der Waals surface area contributed by atoms with Gasteiger partial charge < -0.3 is 5.32 Å². The SMILES string of the molecule is C=CC=C1NC(=O)c2ccccc21. The van der Waals surface area contributed by atoms with Gasteiger partial charge in [0.05, 0.1) is 0 Å². The van der Waals surface area contributed by atoms with Crippen LogP contribution in [0.1, 0.15) is 15.9 Å². The van der Waals surface area contributed by atoms with Crippen LogP contribution in [0, 0.1) is 0 Å². The van der Waals surface area contributed by atoms with Crippen molar-refractivity contribution in [2.24, 2.45) is 0 Å². The Bertz CT molecular complexity index is 404. The first-order chi connectivity index (χ1) is 6.33. The summed E-state index contributed by atoms with van der Waals surface area (Å²) in [6, 6.07) is 7.50. The van der Waals surface area contributed by atoms with E-state index in [0.717, 1.165) is 16.8 Å². The molecule has 0 saturated heterocycles. The third kappa shape index (κ3) is 1.16. The molecular formula is C11H9NO. The Kier molecular flexibility index (Phi) is 1.74. The first kappa shape index (κ1) is 7.80. The number of amides is 1. The number of hydrogen-bond acceptors (Lipinski definition) is 1. The van der Waals surface area contributed by atoms with Gasteiger partial charge in [-0.3, -0.25) is 4.79 Å². The molecule has 1 heterocycles. The van der Waals surface area contributed by atoms with Crippen molar-refractivity contribution >= 4 is 11.6 Å². The lowest BCUT2D eigenvalue weighted by atomic mass is 10.1. The Labute approximate surface area is 76.6 Å². The Morgan fingerprint density at radius 3 is 2.62 bits per heavy atom. The van der Waals surface area contributed by atoms with Gasteiger partial charge in [-0.2, -0.15) is 0 Å². The van der Waals surface area contributed by atoms with E-state index in [-0.39, 0.29) is 5.91 Å². The summed E-state index contributed by atoms with van der Waals surface area (Å²) in [6.45, 7) is 3.59. The third-order valence-corrected chi connectivity index (χ3v) is 1.99. The first-order valence-electron chi connectivity index (χ1n) is 4.06. The number of nitrogens with one attached hydrogen (secondary N) is 1. The van der Waals surface area contributed by atoms with Gasteiger partial charge in [-0.1, -0.05) is 30.9 Å². The fourth-order valence-corrected chi connectivity index (χ4v) is 1.42. The Morgan fingerprint density at radius 1 is 1.23 bits per heavy atom. The summed E-state index contributed by atoms with van der Waals surface area (Å²) in [5.74, 6) is -0.0382. The molecule has 1 aromatic carbocycles. The van der Waals surface area contributed by atoms with Gasteiger partial charge in [0.1, 0.15) is 0 Å². The van der Waals surface area contributed by atoms with Crippen LogP contribution in [0.5, 0.6) is 0 Å². The predicted molar refractivity (Wildman–Crippen MR) is 52.1 cm³/mol. The van der Waals surface area contributed by atoms with Crippen LogP contribution in [-0.4, -0.2) is 5.91 Å². The van der Waals surface area contributed by atoms with Gasteiger partial charge in [-0.05, 0) is 12.1 Å². The fraction of sp³-hybridized carbons (Fsp3) is 0. The van der Waals surface area contributed by atoms with E-state index in [1.165, 1.54) is 0 Å². The van der Waals surface area contributed by atoms with E-state index < -0.39 is 0 Å². The Morgan fingerprint density at radius 2 is 1.92 bits per heavy atom. The molecule has 2 rings (SSSR count). The molecule has 1 amide bonds. The van der Waals surface area contributed by atoms with Crippen LogP contribution in [-0.2, 0) is 0 Å². The lowest BCUT2D eigenvalue weighted by molar-refractivity contribution is 0.0981. The van der Waals surface area contributed by atoms with Crippen molar-refractivity contribution in [3.05, 3.63) is 54.1 Å². The predicted octanol–water partition coefficient (Wildman–Crippen LogP) is 1.96. The largest absolute Gasteiger partial charge is 0.321 e. The number of benzene rings is 1. The summed E-state index contributed by atoms with van der Waals surface area (Å²) in [6.07, 6.45) is 3.46. The van der Waals surface area contributed by atoms with Gasteiger partial charge in [0.25, 0.3) is 5.91 Å². The molecule has 0 saturated carbocycles. The second kappa shape index (κ2) is 2.90. The molecule has 0 spiro atoms. The molecule has 0 unspecified atom stereocenters. The van der Waals surface area contributed by atoms with E-state index >= 15 is 0 Å². The van der Waals surface area contributed by atoms with E-state index in [4.69, 9.17) is 0 Å². The highest BCUT2D eigenvalue weighted by Crippen LogP contribution is 2.23. The second-order valence-electron chi connectivity index (χ2n) is 2.82. The van der Waals surface area contributed by atoms with E-state index in [0.29, 0.717) is 0 Å². The number of fused-ring (bicyclic) bond motifs is 1. The highest BCUT2D eigenvalue weighted by atomic mass is 16.1. The summed E-state index contributed by atoms with van der Waals surface area (Å²) in [5.41, 5.74) is 2.51. The highest BCUT2D eigenvalue weighted by Gasteiger charge is 2.21. The van der Waals surface area contributed by atoms with E-state index in [1.807, 2.05) is 24.3 Å². The van der Waals surface area contributed by atoms with Crippen LogP contribution in [0.4, 0.5) is 0 Å². The van der Waals surface area contributed by atoms with Crippen LogP contribution < -0.4 is 5.32 Å². The smallest absolute Gasteiger partial charge is 0.256 e. The minimum Gasteiger partial charge on any atom is -0.321 e. The van der Waals surface area contributed by atoms with Gasteiger partial charge in [0, 0.05) is 16.8 Å². The quantitative estimate of drug-likeness (QED) is 0.687. The molecule has 0 aromatic heterocycles. The minimum atomic E-state index is -0.0382. The first-order valence-corrected chi connectivity index (χ1v) is 4.06. The van der Waals surface area contributed by atoms with Gasteiger partial charge in [-0.25, -0.2) is 0 Å². The standard InChI is InChI=1S/C11H9NO/c1-2-5-10-8-6-3-4-7-9(8)11(13)12-10/h2-7H,1H2,(H,12,13). The minimum absolute atomic E-state index is 0.0382. The van der Waals surface area contributed by atoms with Crippen molar-refractivity contribution in [3.8, 4) is 0 Å². The Balaban J connectivity index is 2.59. The van der Waals surface area contributed by atoms with Gasteiger partial charge in [0.2, 0.25) is 0 Å². The number of carbonyl (C=O) groups excluding carboxylic acids is 1. The van der Waals surface area contributed by atoms with Gasteiger partial charge in [0.15, 0.2) is 0 Å². The number of carbonyl (C=O) groups is 1. The Hall–Kier alpha value is -1.83. The van der Waals surface area contributed by atoms with E-state index in [9.17, 15) is 4.79 Å². The maximum Gasteiger partial charge on any atom is 0.256 e. The molecule has 1 N–H and O–H groups in total. The molecule has 2 heteroatoms. The van der Waals surface area contributed by atoms with Crippen LogP contribution in [0.25, 0.3) is 5.70 Å². The molecule has 1 aliphatic heterocycles. The van der Waals surface area contributed by atoms with Gasteiger partial charge >= 0.3 is 0 Å². The zero-order valence-electron chi connectivity index (χ0n) is 7.08. The topological polar surface area (TPSA) is 29.1 Å². The lowest BCUT2D eigenvalue weighted by Gasteiger charge is -1.95. The second-order valence-corrected chi connectivity index (χ2v) is 2.82.